The summed E-state index contributed by atoms with van der Waals surface area (Å²) in [4.78, 5) is 0. The zero-order chi connectivity index (χ0) is 8.81. The lowest BCUT2D eigenvalue weighted by Crippen LogP contribution is -2.03. The molecule has 1 heterocycles. The molecule has 12 heavy (non-hydrogen) atoms. The molecule has 0 saturated carbocycles. The minimum Gasteiger partial charge on any atom is -0.368 e. The fourth-order valence-corrected chi connectivity index (χ4v) is 0.804. The average molecular weight is 164 g/mol. The van der Waals surface area contributed by atoms with E-state index in [1.807, 2.05) is 6.92 Å². The van der Waals surface area contributed by atoms with E-state index in [4.69, 9.17) is 15.7 Å². The van der Waals surface area contributed by atoms with Crippen molar-refractivity contribution in [3.63, 3.8) is 0 Å². The summed E-state index contributed by atoms with van der Waals surface area (Å²) in [6.45, 7) is 2.86. The molecule has 3 nitrogen and oxygen atoms in total. The second-order valence-corrected chi connectivity index (χ2v) is 2.48. The van der Waals surface area contributed by atoms with Crippen molar-refractivity contribution in [1.29, 1.82) is 0 Å². The maximum absolute atomic E-state index is 5.13. The number of terminal acetylenes is 1. The van der Waals surface area contributed by atoms with E-state index in [0.29, 0.717) is 13.2 Å². The van der Waals surface area contributed by atoms with Crippen LogP contribution in [0.4, 0.5) is 0 Å². The van der Waals surface area contributed by atoms with Crippen molar-refractivity contribution in [2.75, 3.05) is 13.2 Å². The molecule has 0 spiro atoms. The van der Waals surface area contributed by atoms with Gasteiger partial charge < -0.3 is 9.26 Å². The van der Waals surface area contributed by atoms with Crippen LogP contribution >= 0.6 is 0 Å². The third-order valence-corrected chi connectivity index (χ3v) is 1.45. The van der Waals surface area contributed by atoms with E-state index in [1.165, 1.54) is 0 Å². The van der Waals surface area contributed by atoms with Crippen LogP contribution in [0.25, 0.3) is 0 Å². The Kier molecular flexibility index (Phi) is 3.36. The van der Waals surface area contributed by atoms with Crippen LogP contribution in [0.15, 0.2) is 10.6 Å². The van der Waals surface area contributed by atoms with Crippen LogP contribution in [-0.2, 0) is 4.74 Å². The first kappa shape index (κ1) is 8.82. The number of aromatic nitrogens is 1. The molecule has 0 fully saturated rings. The Morgan fingerprint density at radius 2 is 2.75 bits per heavy atom. The molecule has 0 saturated heterocycles. The van der Waals surface area contributed by atoms with Crippen molar-refractivity contribution in [3.8, 4) is 12.3 Å². The average Bonchev–Trinajstić information content (AvgIpc) is 2.56. The standard InChI is InChI=1S/C9H10NO2/c1-3-6-11-7-8(2)9-4-5-10-12-9/h1,4,8H,6-7H2,2H3. The summed E-state index contributed by atoms with van der Waals surface area (Å²) in [5.74, 6) is 3.34. The molecule has 0 aliphatic rings. The van der Waals surface area contributed by atoms with Gasteiger partial charge >= 0.3 is 0 Å². The van der Waals surface area contributed by atoms with Gasteiger partial charge in [0, 0.05) is 12.0 Å². The highest BCUT2D eigenvalue weighted by atomic mass is 16.5. The minimum atomic E-state index is 0.178. The first-order valence-electron chi connectivity index (χ1n) is 3.68. The van der Waals surface area contributed by atoms with E-state index in [1.54, 1.807) is 6.07 Å². The summed E-state index contributed by atoms with van der Waals surface area (Å²) >= 11 is 0. The molecule has 0 N–H and O–H groups in total. The molecule has 63 valence electrons. The Morgan fingerprint density at radius 3 is 3.33 bits per heavy atom. The van der Waals surface area contributed by atoms with E-state index in [2.05, 4.69) is 17.3 Å². The summed E-state index contributed by atoms with van der Waals surface area (Å²) in [6, 6.07) is 1.70. The Bertz CT molecular complexity index is 248. The van der Waals surface area contributed by atoms with Crippen LogP contribution in [0, 0.1) is 18.5 Å². The second kappa shape index (κ2) is 4.58. The van der Waals surface area contributed by atoms with Gasteiger partial charge in [-0.05, 0) is 0 Å². The third kappa shape index (κ3) is 2.40. The van der Waals surface area contributed by atoms with Gasteiger partial charge in [0.1, 0.15) is 18.6 Å². The van der Waals surface area contributed by atoms with Crippen LogP contribution in [0.2, 0.25) is 0 Å². The van der Waals surface area contributed by atoms with Crippen LogP contribution in [0.1, 0.15) is 18.6 Å². The number of rotatable bonds is 4. The largest absolute Gasteiger partial charge is 0.368 e. The van der Waals surface area contributed by atoms with E-state index >= 15 is 0 Å². The first-order valence-corrected chi connectivity index (χ1v) is 3.68. The Labute approximate surface area is 71.7 Å². The monoisotopic (exact) mass is 164 g/mol. The molecule has 1 atom stereocenters. The van der Waals surface area contributed by atoms with Crippen molar-refractivity contribution in [2.24, 2.45) is 0 Å². The lowest BCUT2D eigenvalue weighted by molar-refractivity contribution is 0.145. The quantitative estimate of drug-likeness (QED) is 0.496. The zero-order valence-corrected chi connectivity index (χ0v) is 6.91. The van der Waals surface area contributed by atoms with Gasteiger partial charge in [0.2, 0.25) is 0 Å². The highest BCUT2D eigenvalue weighted by Crippen LogP contribution is 2.13. The van der Waals surface area contributed by atoms with Gasteiger partial charge in [0.05, 0.1) is 6.61 Å². The van der Waals surface area contributed by atoms with Crippen LogP contribution in [0.3, 0.4) is 0 Å². The van der Waals surface area contributed by atoms with E-state index in [0.717, 1.165) is 5.76 Å². The number of nitrogens with zero attached hydrogens (tertiary/aromatic N) is 1. The zero-order valence-electron chi connectivity index (χ0n) is 6.91. The molecule has 0 amide bonds. The number of ether oxygens (including phenoxy) is 1. The topological polar surface area (TPSA) is 35.3 Å². The number of hydrogen-bond acceptors (Lipinski definition) is 3. The molecular formula is C9H10NO2. The molecule has 1 aromatic heterocycles. The SMILES string of the molecule is C#CCOCC(C)c1c[c]no1. The van der Waals surface area contributed by atoms with Gasteiger partial charge in [-0.25, -0.2) is 0 Å². The van der Waals surface area contributed by atoms with Crippen molar-refractivity contribution in [2.45, 2.75) is 12.8 Å². The molecule has 3 heteroatoms. The van der Waals surface area contributed by atoms with Crippen LogP contribution in [0.5, 0.6) is 0 Å². The van der Waals surface area contributed by atoms with Gasteiger partial charge in [0.15, 0.2) is 0 Å². The van der Waals surface area contributed by atoms with E-state index in [9.17, 15) is 0 Å². The van der Waals surface area contributed by atoms with Gasteiger partial charge in [-0.1, -0.05) is 18.0 Å². The van der Waals surface area contributed by atoms with Crippen LogP contribution < -0.4 is 0 Å². The molecule has 1 aromatic rings. The summed E-state index contributed by atoms with van der Waals surface area (Å²) in [6.07, 6.45) is 7.60. The number of hydrogen-bond donors (Lipinski definition) is 0. The predicted octanol–water partition coefficient (Wildman–Crippen LogP) is 1.23. The molecule has 1 radical (unpaired) electrons. The fourth-order valence-electron chi connectivity index (χ4n) is 0.804. The normalized spacial score (nSPS) is 12.3. The molecule has 0 aliphatic heterocycles. The highest BCUT2D eigenvalue weighted by Gasteiger charge is 2.08. The van der Waals surface area contributed by atoms with Gasteiger partial charge in [-0.15, -0.1) is 6.42 Å². The summed E-state index contributed by atoms with van der Waals surface area (Å²) < 4.78 is 10.0. The summed E-state index contributed by atoms with van der Waals surface area (Å²) in [5, 5.41) is 3.48. The Morgan fingerprint density at radius 1 is 1.92 bits per heavy atom. The smallest absolute Gasteiger partial charge is 0.142 e. The first-order chi connectivity index (χ1) is 5.84. The van der Waals surface area contributed by atoms with Gasteiger partial charge in [-0.2, -0.15) is 0 Å². The molecule has 1 rings (SSSR count). The van der Waals surface area contributed by atoms with E-state index < -0.39 is 0 Å². The maximum atomic E-state index is 5.13. The second-order valence-electron chi connectivity index (χ2n) is 2.48. The van der Waals surface area contributed by atoms with Crippen molar-refractivity contribution < 1.29 is 9.26 Å². The lowest BCUT2D eigenvalue weighted by atomic mass is 10.1. The molecule has 0 bridgehead atoms. The van der Waals surface area contributed by atoms with Crippen LogP contribution in [-0.4, -0.2) is 18.4 Å². The van der Waals surface area contributed by atoms with Gasteiger partial charge in [-0.3, -0.25) is 0 Å². The van der Waals surface area contributed by atoms with Crippen molar-refractivity contribution in [1.82, 2.24) is 5.16 Å². The Balaban J connectivity index is 2.30. The fraction of sp³-hybridized carbons (Fsp3) is 0.444. The molecular weight excluding hydrogens is 154 g/mol. The lowest BCUT2D eigenvalue weighted by Gasteiger charge is -2.05. The predicted molar refractivity (Wildman–Crippen MR) is 43.4 cm³/mol. The molecule has 0 aliphatic carbocycles. The third-order valence-electron chi connectivity index (χ3n) is 1.45. The van der Waals surface area contributed by atoms with E-state index in [-0.39, 0.29) is 5.92 Å². The summed E-state index contributed by atoms with van der Waals surface area (Å²) in [7, 11) is 0. The molecule has 1 unspecified atom stereocenters. The molecule has 0 aromatic carbocycles. The highest BCUT2D eigenvalue weighted by molar-refractivity contribution is 4.99. The minimum absolute atomic E-state index is 0.178. The Hall–Kier alpha value is -1.27. The van der Waals surface area contributed by atoms with Gasteiger partial charge in [0.25, 0.3) is 0 Å². The van der Waals surface area contributed by atoms with Crippen molar-refractivity contribution >= 4 is 0 Å². The van der Waals surface area contributed by atoms with Crippen molar-refractivity contribution in [3.05, 3.63) is 18.0 Å². The summed E-state index contributed by atoms with van der Waals surface area (Å²) in [5.41, 5.74) is 0. The maximum Gasteiger partial charge on any atom is 0.142 e.